The van der Waals surface area contributed by atoms with Crippen molar-refractivity contribution in [3.8, 4) is 0 Å². The van der Waals surface area contributed by atoms with Crippen LogP contribution in [0.1, 0.15) is 35.6 Å². The van der Waals surface area contributed by atoms with Gasteiger partial charge in [0.25, 0.3) is 0 Å². The van der Waals surface area contributed by atoms with Gasteiger partial charge in [-0.15, -0.1) is 0 Å². The zero-order chi connectivity index (χ0) is 19.6. The summed E-state index contributed by atoms with van der Waals surface area (Å²) in [6.07, 6.45) is 3.81. The van der Waals surface area contributed by atoms with Crippen LogP contribution in [0.3, 0.4) is 0 Å². The highest BCUT2D eigenvalue weighted by atomic mass is 32.2. The minimum absolute atomic E-state index is 0.422. The maximum Gasteiger partial charge on any atom is 0.243 e. The van der Waals surface area contributed by atoms with E-state index in [1.807, 2.05) is 42.5 Å². The number of rotatable bonds is 5. The number of fused-ring (bicyclic) bond motifs is 1. The molecule has 2 aromatic rings. The zero-order valence-electron chi connectivity index (χ0n) is 16.1. The van der Waals surface area contributed by atoms with Gasteiger partial charge in [0.2, 0.25) is 10.0 Å². The van der Waals surface area contributed by atoms with Gasteiger partial charge in [-0.3, -0.25) is 4.90 Å². The molecule has 2 aliphatic rings. The van der Waals surface area contributed by atoms with E-state index < -0.39 is 16.1 Å². The van der Waals surface area contributed by atoms with Gasteiger partial charge >= 0.3 is 0 Å². The summed E-state index contributed by atoms with van der Waals surface area (Å²) in [5.74, 6) is 0. The van der Waals surface area contributed by atoms with Crippen molar-refractivity contribution < 1.29 is 13.5 Å². The molecule has 1 heterocycles. The van der Waals surface area contributed by atoms with Crippen LogP contribution in [-0.2, 0) is 22.9 Å². The summed E-state index contributed by atoms with van der Waals surface area (Å²) in [5, 5.41) is 10.4. The first-order valence-corrected chi connectivity index (χ1v) is 11.6. The second-order valence-corrected chi connectivity index (χ2v) is 9.71. The molecule has 1 fully saturated rings. The van der Waals surface area contributed by atoms with Crippen LogP contribution in [0.2, 0.25) is 0 Å². The fourth-order valence-electron chi connectivity index (χ4n) is 4.20. The van der Waals surface area contributed by atoms with Crippen molar-refractivity contribution in [2.75, 3.05) is 32.7 Å². The Morgan fingerprint density at radius 1 is 0.893 bits per heavy atom. The van der Waals surface area contributed by atoms with E-state index in [9.17, 15) is 13.5 Å². The third-order valence-electron chi connectivity index (χ3n) is 5.90. The SMILES string of the molecule is O=S(=O)(c1ccc2c(c1)CCCC2)N1CCN(C[C@@H](O)c2ccccc2)CC1. The maximum absolute atomic E-state index is 13.1. The lowest BCUT2D eigenvalue weighted by Crippen LogP contribution is -2.49. The molecular formula is C22H28N2O3S. The first-order valence-electron chi connectivity index (χ1n) is 10.1. The molecule has 28 heavy (non-hydrogen) atoms. The average Bonchev–Trinajstić information content (AvgIpc) is 2.74. The number of piperazine rings is 1. The first-order chi connectivity index (χ1) is 13.5. The Bertz CT molecular complexity index is 907. The predicted octanol–water partition coefficient (Wildman–Crippen LogP) is 2.61. The normalized spacial score (nSPS) is 19.9. The maximum atomic E-state index is 13.1. The minimum atomic E-state index is -3.46. The topological polar surface area (TPSA) is 60.9 Å². The number of aliphatic hydroxyl groups is 1. The molecule has 4 rings (SSSR count). The molecule has 1 saturated heterocycles. The largest absolute Gasteiger partial charge is 0.387 e. The third-order valence-corrected chi connectivity index (χ3v) is 7.80. The average molecular weight is 401 g/mol. The van der Waals surface area contributed by atoms with Crippen molar-refractivity contribution >= 4 is 10.0 Å². The molecule has 1 aliphatic carbocycles. The Morgan fingerprint density at radius 3 is 2.29 bits per heavy atom. The van der Waals surface area contributed by atoms with Gasteiger partial charge in [-0.1, -0.05) is 36.4 Å². The van der Waals surface area contributed by atoms with E-state index in [1.54, 1.807) is 10.4 Å². The van der Waals surface area contributed by atoms with Gasteiger partial charge in [0.15, 0.2) is 0 Å². The molecule has 0 saturated carbocycles. The Morgan fingerprint density at radius 2 is 1.57 bits per heavy atom. The lowest BCUT2D eigenvalue weighted by atomic mass is 9.92. The number of hydrogen-bond acceptors (Lipinski definition) is 4. The summed E-state index contributed by atoms with van der Waals surface area (Å²) >= 11 is 0. The second kappa shape index (κ2) is 8.33. The van der Waals surface area contributed by atoms with E-state index in [4.69, 9.17) is 0 Å². The highest BCUT2D eigenvalue weighted by Gasteiger charge is 2.29. The molecule has 5 nitrogen and oxygen atoms in total. The van der Waals surface area contributed by atoms with Gasteiger partial charge in [0, 0.05) is 32.7 Å². The van der Waals surface area contributed by atoms with Crippen molar-refractivity contribution in [2.24, 2.45) is 0 Å². The summed E-state index contributed by atoms with van der Waals surface area (Å²) in [6, 6.07) is 15.3. The van der Waals surface area contributed by atoms with E-state index in [2.05, 4.69) is 4.90 Å². The molecule has 150 valence electrons. The Labute approximate surface area is 167 Å². The summed E-state index contributed by atoms with van der Waals surface area (Å²) in [7, 11) is -3.46. The van der Waals surface area contributed by atoms with Crippen molar-refractivity contribution in [2.45, 2.75) is 36.7 Å². The summed E-state index contributed by atoms with van der Waals surface area (Å²) in [5.41, 5.74) is 3.38. The minimum Gasteiger partial charge on any atom is -0.387 e. The fraction of sp³-hybridized carbons (Fsp3) is 0.455. The zero-order valence-corrected chi connectivity index (χ0v) is 16.9. The molecule has 0 spiro atoms. The number of nitrogens with zero attached hydrogens (tertiary/aromatic N) is 2. The highest BCUT2D eigenvalue weighted by molar-refractivity contribution is 7.89. The lowest BCUT2D eigenvalue weighted by molar-refractivity contribution is 0.0921. The number of aliphatic hydroxyl groups excluding tert-OH is 1. The lowest BCUT2D eigenvalue weighted by Gasteiger charge is -2.35. The van der Waals surface area contributed by atoms with Crippen LogP contribution in [0.25, 0.3) is 0 Å². The Kier molecular flexibility index (Phi) is 5.83. The number of benzene rings is 2. The smallest absolute Gasteiger partial charge is 0.243 e. The van der Waals surface area contributed by atoms with Crippen LogP contribution in [0, 0.1) is 0 Å². The summed E-state index contributed by atoms with van der Waals surface area (Å²) in [4.78, 5) is 2.56. The van der Waals surface area contributed by atoms with Crippen molar-refractivity contribution in [3.63, 3.8) is 0 Å². The van der Waals surface area contributed by atoms with E-state index in [0.717, 1.165) is 24.8 Å². The van der Waals surface area contributed by atoms with Gasteiger partial charge in [0.05, 0.1) is 11.0 Å². The second-order valence-electron chi connectivity index (χ2n) is 7.77. The fourth-order valence-corrected chi connectivity index (χ4v) is 5.67. The summed E-state index contributed by atoms with van der Waals surface area (Å²) in [6.45, 7) is 2.71. The van der Waals surface area contributed by atoms with Crippen LogP contribution >= 0.6 is 0 Å². The molecule has 2 aromatic carbocycles. The molecule has 0 bridgehead atoms. The van der Waals surface area contributed by atoms with Crippen molar-refractivity contribution in [1.29, 1.82) is 0 Å². The summed E-state index contributed by atoms with van der Waals surface area (Å²) < 4.78 is 27.7. The van der Waals surface area contributed by atoms with Gasteiger partial charge in [0.1, 0.15) is 0 Å². The molecule has 1 aliphatic heterocycles. The molecule has 0 unspecified atom stereocenters. The molecule has 1 atom stereocenters. The van der Waals surface area contributed by atoms with Gasteiger partial charge < -0.3 is 5.11 Å². The molecule has 0 amide bonds. The quantitative estimate of drug-likeness (QED) is 0.838. The van der Waals surface area contributed by atoms with E-state index >= 15 is 0 Å². The monoisotopic (exact) mass is 400 g/mol. The highest BCUT2D eigenvalue weighted by Crippen LogP contribution is 2.26. The first kappa shape index (κ1) is 19.6. The van der Waals surface area contributed by atoms with E-state index in [-0.39, 0.29) is 0 Å². The van der Waals surface area contributed by atoms with Crippen molar-refractivity contribution in [3.05, 3.63) is 65.2 Å². The van der Waals surface area contributed by atoms with Crippen LogP contribution in [0.4, 0.5) is 0 Å². The van der Waals surface area contributed by atoms with Crippen molar-refractivity contribution in [1.82, 2.24) is 9.21 Å². The van der Waals surface area contributed by atoms with Gasteiger partial charge in [-0.2, -0.15) is 4.31 Å². The molecule has 6 heteroatoms. The van der Waals surface area contributed by atoms with Crippen LogP contribution in [0.15, 0.2) is 53.4 Å². The van der Waals surface area contributed by atoms with E-state index in [0.29, 0.717) is 37.6 Å². The third kappa shape index (κ3) is 4.15. The number of aryl methyl sites for hydroxylation is 2. The molecular weight excluding hydrogens is 372 g/mol. The number of β-amino-alcohol motifs (C(OH)–C–C–N with tert-alkyl or cyclic N) is 1. The van der Waals surface area contributed by atoms with Crippen LogP contribution in [-0.4, -0.2) is 55.5 Å². The van der Waals surface area contributed by atoms with Crippen LogP contribution < -0.4 is 0 Å². The standard InChI is InChI=1S/C22H28N2O3S/c25-22(19-7-2-1-3-8-19)17-23-12-14-24(15-13-23)28(26,27)21-11-10-18-6-4-5-9-20(18)16-21/h1-3,7-8,10-11,16,22,25H,4-6,9,12-15,17H2/t22-/m1/s1. The van der Waals surface area contributed by atoms with Gasteiger partial charge in [-0.25, -0.2) is 8.42 Å². The Balaban J connectivity index is 1.39. The van der Waals surface area contributed by atoms with Gasteiger partial charge in [-0.05, 0) is 54.5 Å². The number of hydrogen-bond donors (Lipinski definition) is 1. The predicted molar refractivity (Wildman–Crippen MR) is 110 cm³/mol. The van der Waals surface area contributed by atoms with Crippen LogP contribution in [0.5, 0.6) is 0 Å². The molecule has 0 aromatic heterocycles. The van der Waals surface area contributed by atoms with E-state index in [1.165, 1.54) is 17.5 Å². The molecule has 0 radical (unpaired) electrons. The Hall–Kier alpha value is -1.73. The number of sulfonamides is 1. The molecule has 1 N–H and O–H groups in total.